The standard InChI is InChI=1S/C92H167NO13/c1-3-5-7-9-11-13-15-17-19-21-23-25-27-29-31-33-35-37-38-39-40-41-42-44-46-48-50-52-54-56-58-60-62-64-66-68-70-72-74-76-84(97)93-80(79-103-91-89(102)87(100)90(83(78-95)105-91)106-92-88(101)86(99)85(98)82(77-94)104-92)81(96)75-73-71-69-67-65-63-61-59-57-55-53-51-49-47-45-43-36-34-32-30-28-26-24-22-20-18-16-14-12-10-8-6-4-2/h5,7,11,13,17,19,23,25,29,31,65,67,73,75,80-83,85-92,94-96,98-102H,3-4,6,8-10,12,14-16,18,20-22,24,26-28,30,32-64,66,68-72,74,76-79H2,1-2H3,(H,93,97)/b7-5-,13-11-,19-17-,25-23-,31-29-,67-65+,75-73+. The van der Waals surface area contributed by atoms with Crippen LogP contribution in [-0.2, 0) is 23.7 Å². The lowest BCUT2D eigenvalue weighted by molar-refractivity contribution is -0.359. The normalized spacial score (nSPS) is 21.7. The van der Waals surface area contributed by atoms with E-state index < -0.39 is 86.8 Å². The Kier molecular flexibility index (Phi) is 70.1. The van der Waals surface area contributed by atoms with Crippen molar-refractivity contribution in [1.82, 2.24) is 5.32 Å². The number of unbranched alkanes of at least 4 members (excludes halogenated alkanes) is 51. The molecule has 2 aliphatic rings. The zero-order chi connectivity index (χ0) is 76.5. The SMILES string of the molecule is CC/C=C\C/C=C\C/C=C\C/C=C\C/C=C\CCCCCCCCCCCCCCCCCCCCCCCCCC(=O)NC(COC1OC(CO)C(OC2OC(CO)C(O)C(O)C2O)C(O)C1O)C(O)/C=C/CC/C=C/CCCCCCCCCCCCCCCCCCCCCCCCCCCCC. The van der Waals surface area contributed by atoms with Crippen LogP contribution in [0.15, 0.2) is 85.1 Å². The Morgan fingerprint density at radius 1 is 0.349 bits per heavy atom. The van der Waals surface area contributed by atoms with E-state index in [9.17, 15) is 45.6 Å². The summed E-state index contributed by atoms with van der Waals surface area (Å²) in [5.74, 6) is -0.243. The number of amides is 1. The summed E-state index contributed by atoms with van der Waals surface area (Å²) < 4.78 is 22.9. The summed E-state index contributed by atoms with van der Waals surface area (Å²) >= 11 is 0. The van der Waals surface area contributed by atoms with Crippen molar-refractivity contribution in [3.8, 4) is 0 Å². The van der Waals surface area contributed by atoms with E-state index in [1.165, 1.54) is 302 Å². The van der Waals surface area contributed by atoms with E-state index in [0.29, 0.717) is 12.8 Å². The lowest BCUT2D eigenvalue weighted by atomic mass is 9.97. The van der Waals surface area contributed by atoms with Crippen molar-refractivity contribution >= 4 is 5.91 Å². The maximum Gasteiger partial charge on any atom is 0.220 e. The summed E-state index contributed by atoms with van der Waals surface area (Å²) in [4.78, 5) is 13.4. The number of hydrogen-bond donors (Lipinski definition) is 9. The Labute approximate surface area is 650 Å². The number of nitrogens with one attached hydrogen (secondary N) is 1. The molecule has 0 aromatic rings. The van der Waals surface area contributed by atoms with Gasteiger partial charge in [-0.15, -0.1) is 0 Å². The third kappa shape index (κ3) is 56.4. The van der Waals surface area contributed by atoms with Crippen LogP contribution in [0.5, 0.6) is 0 Å². The molecule has 12 unspecified atom stereocenters. The first kappa shape index (κ1) is 99.2. The number of carbonyl (C=O) groups is 1. The largest absolute Gasteiger partial charge is 0.394 e. The molecule has 0 aromatic heterocycles. The summed E-state index contributed by atoms with van der Waals surface area (Å²) in [5.41, 5.74) is 0. The van der Waals surface area contributed by atoms with Gasteiger partial charge in [0.25, 0.3) is 0 Å². The van der Waals surface area contributed by atoms with Crippen LogP contribution in [0.2, 0.25) is 0 Å². The summed E-state index contributed by atoms with van der Waals surface area (Å²) in [6.07, 6.45) is 89.9. The number of aliphatic hydroxyl groups excluding tert-OH is 8. The predicted molar refractivity (Wildman–Crippen MR) is 443 cm³/mol. The minimum absolute atomic E-state index is 0.243. The molecule has 14 nitrogen and oxygen atoms in total. The lowest BCUT2D eigenvalue weighted by Gasteiger charge is -2.46. The molecular weight excluding hydrogens is 1330 g/mol. The molecule has 12 atom stereocenters. The van der Waals surface area contributed by atoms with E-state index in [-0.39, 0.29) is 18.9 Å². The van der Waals surface area contributed by atoms with Crippen molar-refractivity contribution < 1.29 is 64.6 Å². The molecule has 618 valence electrons. The third-order valence-electron chi connectivity index (χ3n) is 21.6. The van der Waals surface area contributed by atoms with Gasteiger partial charge in [-0.05, 0) is 77.0 Å². The minimum atomic E-state index is -1.79. The Balaban J connectivity index is 1.57. The summed E-state index contributed by atoms with van der Waals surface area (Å²) in [6.45, 7) is 2.73. The molecule has 2 heterocycles. The first-order valence-electron chi connectivity index (χ1n) is 44.8. The van der Waals surface area contributed by atoms with Crippen molar-refractivity contribution in [2.24, 2.45) is 0 Å². The molecule has 9 N–H and O–H groups in total. The average Bonchev–Trinajstić information content (AvgIpc) is 0.789. The van der Waals surface area contributed by atoms with Gasteiger partial charge in [-0.25, -0.2) is 0 Å². The Morgan fingerprint density at radius 2 is 0.660 bits per heavy atom. The van der Waals surface area contributed by atoms with Crippen molar-refractivity contribution in [1.29, 1.82) is 0 Å². The summed E-state index contributed by atoms with van der Waals surface area (Å²) in [5, 5.41) is 87.8. The van der Waals surface area contributed by atoms with Crippen molar-refractivity contribution in [3.05, 3.63) is 85.1 Å². The number of rotatable bonds is 76. The highest BCUT2D eigenvalue weighted by molar-refractivity contribution is 5.76. The molecule has 106 heavy (non-hydrogen) atoms. The van der Waals surface area contributed by atoms with Crippen LogP contribution >= 0.6 is 0 Å². The van der Waals surface area contributed by atoms with Gasteiger partial charge in [-0.3, -0.25) is 4.79 Å². The molecule has 0 radical (unpaired) electrons. The molecule has 0 aliphatic carbocycles. The van der Waals surface area contributed by atoms with Crippen molar-refractivity contribution in [3.63, 3.8) is 0 Å². The van der Waals surface area contributed by atoms with Crippen LogP contribution in [-0.4, -0.2) is 140 Å². The molecule has 0 spiro atoms. The van der Waals surface area contributed by atoms with Crippen LogP contribution < -0.4 is 5.32 Å². The highest BCUT2D eigenvalue weighted by Crippen LogP contribution is 2.31. The molecule has 0 saturated carbocycles. The molecule has 14 heteroatoms. The van der Waals surface area contributed by atoms with Crippen LogP contribution in [0.1, 0.15) is 399 Å². The zero-order valence-electron chi connectivity index (χ0n) is 68.2. The minimum Gasteiger partial charge on any atom is -0.394 e. The smallest absolute Gasteiger partial charge is 0.220 e. The highest BCUT2D eigenvalue weighted by Gasteiger charge is 2.51. The van der Waals surface area contributed by atoms with E-state index in [0.717, 1.165) is 64.2 Å². The van der Waals surface area contributed by atoms with Gasteiger partial charge in [0.2, 0.25) is 5.91 Å². The van der Waals surface area contributed by atoms with Gasteiger partial charge in [0.05, 0.1) is 32.0 Å². The summed E-state index contributed by atoms with van der Waals surface area (Å²) in [6, 6.07) is -0.936. The molecule has 2 fully saturated rings. The van der Waals surface area contributed by atoms with Gasteiger partial charge >= 0.3 is 0 Å². The molecule has 0 bridgehead atoms. The van der Waals surface area contributed by atoms with Crippen LogP contribution in [0.3, 0.4) is 0 Å². The van der Waals surface area contributed by atoms with E-state index in [1.54, 1.807) is 6.08 Å². The lowest BCUT2D eigenvalue weighted by Crippen LogP contribution is -2.65. The van der Waals surface area contributed by atoms with Gasteiger partial charge in [0, 0.05) is 6.42 Å². The Hall–Kier alpha value is -2.83. The van der Waals surface area contributed by atoms with Gasteiger partial charge in [0.15, 0.2) is 12.6 Å². The number of allylic oxidation sites excluding steroid dienone is 13. The number of carbonyl (C=O) groups excluding carboxylic acids is 1. The predicted octanol–water partition coefficient (Wildman–Crippen LogP) is 21.8. The number of hydrogen-bond acceptors (Lipinski definition) is 13. The van der Waals surface area contributed by atoms with Gasteiger partial charge in [-0.1, -0.05) is 401 Å². The second kappa shape index (κ2) is 74.9. The molecule has 1 amide bonds. The quantitative estimate of drug-likeness (QED) is 0.0204. The second-order valence-corrected chi connectivity index (χ2v) is 31.3. The van der Waals surface area contributed by atoms with Gasteiger partial charge < -0.3 is 65.1 Å². The molecule has 0 aromatic carbocycles. The van der Waals surface area contributed by atoms with Crippen LogP contribution in [0.4, 0.5) is 0 Å². The Bertz CT molecular complexity index is 2110. The monoisotopic (exact) mass is 1490 g/mol. The molecule has 2 rings (SSSR count). The highest BCUT2D eigenvalue weighted by atomic mass is 16.7. The summed E-state index contributed by atoms with van der Waals surface area (Å²) in [7, 11) is 0. The van der Waals surface area contributed by atoms with E-state index >= 15 is 0 Å². The van der Waals surface area contributed by atoms with Gasteiger partial charge in [0.1, 0.15) is 48.8 Å². The third-order valence-corrected chi connectivity index (χ3v) is 21.6. The Morgan fingerprint density at radius 3 is 1.04 bits per heavy atom. The second-order valence-electron chi connectivity index (χ2n) is 31.3. The topological polar surface area (TPSA) is 228 Å². The zero-order valence-corrected chi connectivity index (χ0v) is 68.2. The maximum absolute atomic E-state index is 13.4. The average molecular weight is 1500 g/mol. The van der Waals surface area contributed by atoms with Gasteiger partial charge in [-0.2, -0.15) is 0 Å². The van der Waals surface area contributed by atoms with E-state index in [2.05, 4.69) is 92.1 Å². The van der Waals surface area contributed by atoms with Crippen molar-refractivity contribution in [2.75, 3.05) is 19.8 Å². The molecule has 2 saturated heterocycles. The van der Waals surface area contributed by atoms with Crippen LogP contribution in [0.25, 0.3) is 0 Å². The number of aliphatic hydroxyl groups is 8. The van der Waals surface area contributed by atoms with Crippen LogP contribution in [0, 0.1) is 0 Å². The first-order valence-corrected chi connectivity index (χ1v) is 44.8. The molecular formula is C92H167NO13. The molecule has 2 aliphatic heterocycles. The van der Waals surface area contributed by atoms with Crippen molar-refractivity contribution in [2.45, 2.75) is 473 Å². The van der Waals surface area contributed by atoms with E-state index in [1.807, 2.05) is 6.08 Å². The first-order chi connectivity index (χ1) is 52.1. The van der Waals surface area contributed by atoms with E-state index in [4.69, 9.17) is 18.9 Å². The number of ether oxygens (including phenoxy) is 4. The fraction of sp³-hybridized carbons (Fsp3) is 0.837. The fourth-order valence-corrected chi connectivity index (χ4v) is 14.6. The maximum atomic E-state index is 13.4. The fourth-order valence-electron chi connectivity index (χ4n) is 14.6.